The van der Waals surface area contributed by atoms with Gasteiger partial charge in [-0.2, -0.15) is 0 Å². The third kappa shape index (κ3) is 2.84. The van der Waals surface area contributed by atoms with Crippen LogP contribution >= 0.6 is 0 Å². The van der Waals surface area contributed by atoms with Crippen molar-refractivity contribution in [1.82, 2.24) is 0 Å². The molecule has 3 fully saturated rings. The van der Waals surface area contributed by atoms with E-state index in [0.717, 1.165) is 25.7 Å². The largest absolute Gasteiger partial charge is 0.490 e. The summed E-state index contributed by atoms with van der Waals surface area (Å²) >= 11 is 0. The number of hydrogen-bond donors (Lipinski definition) is 0. The second-order valence-electron chi connectivity index (χ2n) is 7.42. The molecule has 0 bridgehead atoms. The van der Waals surface area contributed by atoms with Gasteiger partial charge in [-0.15, -0.1) is 0 Å². The van der Waals surface area contributed by atoms with Gasteiger partial charge < -0.3 is 9.47 Å². The lowest BCUT2D eigenvalue weighted by Gasteiger charge is -2.29. The number of carbonyl (C=O) groups excluding carboxylic acids is 1. The zero-order chi connectivity index (χ0) is 16.0. The Morgan fingerprint density at radius 1 is 1.13 bits per heavy atom. The Bertz CT molecular complexity index is 622. The minimum atomic E-state index is -0.621. The Hall–Kier alpha value is -1.58. The topological polar surface area (TPSA) is 35.5 Å². The molecule has 1 aromatic rings. The maximum atomic E-state index is 14.8. The molecule has 124 valence electrons. The van der Waals surface area contributed by atoms with E-state index in [1.807, 2.05) is 0 Å². The molecule has 4 heteroatoms. The molecule has 0 heterocycles. The Balaban J connectivity index is 1.55. The molecule has 3 aliphatic rings. The Labute approximate surface area is 136 Å². The second-order valence-corrected chi connectivity index (χ2v) is 7.42. The van der Waals surface area contributed by atoms with E-state index in [0.29, 0.717) is 16.7 Å². The first-order valence-corrected chi connectivity index (χ1v) is 8.69. The fraction of sp³-hybridized carbons (Fsp3) is 0.632. The van der Waals surface area contributed by atoms with Crippen molar-refractivity contribution in [3.63, 3.8) is 0 Å². The van der Waals surface area contributed by atoms with Crippen LogP contribution in [-0.4, -0.2) is 19.2 Å². The highest BCUT2D eigenvalue weighted by Crippen LogP contribution is 2.56. The summed E-state index contributed by atoms with van der Waals surface area (Å²) in [7, 11) is 1.28. The number of ether oxygens (including phenoxy) is 2. The number of benzene rings is 1. The van der Waals surface area contributed by atoms with Gasteiger partial charge in [0.25, 0.3) is 0 Å². The van der Waals surface area contributed by atoms with Gasteiger partial charge in [0.1, 0.15) is 11.6 Å². The van der Waals surface area contributed by atoms with E-state index in [4.69, 9.17) is 4.74 Å². The van der Waals surface area contributed by atoms with Crippen LogP contribution in [0.3, 0.4) is 0 Å². The summed E-state index contributed by atoms with van der Waals surface area (Å²) in [4.78, 5) is 11.7. The maximum absolute atomic E-state index is 14.8. The fourth-order valence-electron chi connectivity index (χ4n) is 3.88. The zero-order valence-corrected chi connectivity index (χ0v) is 13.6. The number of carbonyl (C=O) groups is 1. The maximum Gasteiger partial charge on any atom is 0.340 e. The third-order valence-corrected chi connectivity index (χ3v) is 5.77. The van der Waals surface area contributed by atoms with E-state index in [1.54, 1.807) is 6.07 Å². The average molecular weight is 318 g/mol. The Kier molecular flexibility index (Phi) is 3.58. The molecule has 0 radical (unpaired) electrons. The molecule has 0 aliphatic heterocycles. The summed E-state index contributed by atoms with van der Waals surface area (Å²) < 4.78 is 25.6. The van der Waals surface area contributed by atoms with Crippen molar-refractivity contribution >= 4 is 5.97 Å². The molecule has 23 heavy (non-hydrogen) atoms. The lowest BCUT2D eigenvalue weighted by Crippen LogP contribution is -2.25. The number of hydrogen-bond acceptors (Lipinski definition) is 3. The first-order valence-electron chi connectivity index (χ1n) is 8.69. The molecule has 0 unspecified atom stereocenters. The Morgan fingerprint density at radius 3 is 2.39 bits per heavy atom. The van der Waals surface area contributed by atoms with Gasteiger partial charge in [0.05, 0.1) is 18.8 Å². The molecule has 0 amide bonds. The standard InChI is InChI=1S/C19H23FO3/c1-22-18(21)14-4-5-15(16(17(14)20)12-2-3-12)23-13-6-8-19(9-7-13)10-11-19/h4-5,12-13H,2-3,6-11H2,1H3. The van der Waals surface area contributed by atoms with Crippen LogP contribution in [-0.2, 0) is 4.74 Å². The first kappa shape index (κ1) is 15.0. The van der Waals surface area contributed by atoms with E-state index >= 15 is 0 Å². The number of esters is 1. The SMILES string of the molecule is COC(=O)c1ccc(OC2CCC3(CC2)CC3)c(C2CC2)c1F. The van der Waals surface area contributed by atoms with Crippen molar-refractivity contribution in [3.8, 4) is 5.75 Å². The number of halogens is 1. The van der Waals surface area contributed by atoms with Crippen molar-refractivity contribution < 1.29 is 18.7 Å². The molecule has 4 rings (SSSR count). The summed E-state index contributed by atoms with van der Waals surface area (Å²) in [5.74, 6) is -0.252. The van der Waals surface area contributed by atoms with Gasteiger partial charge in [-0.05, 0) is 74.8 Å². The molecule has 1 spiro atoms. The van der Waals surface area contributed by atoms with E-state index in [1.165, 1.54) is 38.9 Å². The van der Waals surface area contributed by atoms with Crippen LogP contribution in [0.15, 0.2) is 12.1 Å². The number of methoxy groups -OCH3 is 1. The summed E-state index contributed by atoms with van der Waals surface area (Å²) in [6.45, 7) is 0. The van der Waals surface area contributed by atoms with Crippen molar-refractivity contribution in [1.29, 1.82) is 0 Å². The highest BCUT2D eigenvalue weighted by Gasteiger charge is 2.45. The Morgan fingerprint density at radius 2 is 1.83 bits per heavy atom. The van der Waals surface area contributed by atoms with E-state index < -0.39 is 11.8 Å². The lowest BCUT2D eigenvalue weighted by atomic mass is 9.84. The summed E-state index contributed by atoms with van der Waals surface area (Å²) in [6, 6.07) is 3.25. The molecule has 0 saturated heterocycles. The van der Waals surface area contributed by atoms with E-state index in [-0.39, 0.29) is 17.6 Å². The highest BCUT2D eigenvalue weighted by atomic mass is 19.1. The van der Waals surface area contributed by atoms with Crippen LogP contribution < -0.4 is 4.74 Å². The van der Waals surface area contributed by atoms with Crippen molar-refractivity contribution in [2.75, 3.05) is 7.11 Å². The molecular weight excluding hydrogens is 295 g/mol. The molecule has 3 aliphatic carbocycles. The first-order chi connectivity index (χ1) is 11.1. The van der Waals surface area contributed by atoms with Crippen LogP contribution in [0.25, 0.3) is 0 Å². The number of rotatable bonds is 4. The smallest absolute Gasteiger partial charge is 0.340 e. The van der Waals surface area contributed by atoms with Gasteiger partial charge >= 0.3 is 5.97 Å². The van der Waals surface area contributed by atoms with Crippen LogP contribution in [0.4, 0.5) is 4.39 Å². The van der Waals surface area contributed by atoms with Crippen LogP contribution in [0.1, 0.15) is 73.2 Å². The molecule has 0 N–H and O–H groups in total. The third-order valence-electron chi connectivity index (χ3n) is 5.77. The predicted molar refractivity (Wildman–Crippen MR) is 84.3 cm³/mol. The van der Waals surface area contributed by atoms with Crippen molar-refractivity contribution in [2.24, 2.45) is 5.41 Å². The minimum Gasteiger partial charge on any atom is -0.490 e. The fourth-order valence-corrected chi connectivity index (χ4v) is 3.88. The molecule has 3 saturated carbocycles. The van der Waals surface area contributed by atoms with Gasteiger partial charge in [0.15, 0.2) is 0 Å². The second kappa shape index (κ2) is 5.50. The lowest BCUT2D eigenvalue weighted by molar-refractivity contribution is 0.0595. The van der Waals surface area contributed by atoms with Crippen LogP contribution in [0.2, 0.25) is 0 Å². The summed E-state index contributed by atoms with van der Waals surface area (Å²) in [5, 5.41) is 0. The van der Waals surface area contributed by atoms with Crippen molar-refractivity contribution in [2.45, 2.75) is 63.4 Å². The molecule has 0 aromatic heterocycles. The summed E-state index contributed by atoms with van der Waals surface area (Å²) in [6.07, 6.45) is 9.44. The average Bonchev–Trinajstić information content (AvgIpc) is 3.46. The normalized spacial score (nSPS) is 22.9. The predicted octanol–water partition coefficient (Wildman–Crippen LogP) is 4.59. The molecular formula is C19H23FO3. The van der Waals surface area contributed by atoms with Gasteiger partial charge in [-0.3, -0.25) is 0 Å². The van der Waals surface area contributed by atoms with Gasteiger partial charge in [0, 0.05) is 5.56 Å². The highest BCUT2D eigenvalue weighted by molar-refractivity contribution is 5.90. The molecule has 3 nitrogen and oxygen atoms in total. The quantitative estimate of drug-likeness (QED) is 0.762. The van der Waals surface area contributed by atoms with Gasteiger partial charge in [-0.25, -0.2) is 9.18 Å². The zero-order valence-electron chi connectivity index (χ0n) is 13.6. The van der Waals surface area contributed by atoms with Crippen molar-refractivity contribution in [3.05, 3.63) is 29.1 Å². The van der Waals surface area contributed by atoms with Gasteiger partial charge in [-0.1, -0.05) is 0 Å². The van der Waals surface area contributed by atoms with E-state index in [2.05, 4.69) is 4.74 Å². The molecule has 1 aromatic carbocycles. The molecule has 0 atom stereocenters. The monoisotopic (exact) mass is 318 g/mol. The summed E-state index contributed by atoms with van der Waals surface area (Å²) in [5.41, 5.74) is 1.22. The minimum absolute atomic E-state index is 0.0160. The van der Waals surface area contributed by atoms with Crippen LogP contribution in [0.5, 0.6) is 5.75 Å². The van der Waals surface area contributed by atoms with E-state index in [9.17, 15) is 9.18 Å². The van der Waals surface area contributed by atoms with Crippen LogP contribution in [0, 0.1) is 11.2 Å². The van der Waals surface area contributed by atoms with Gasteiger partial charge in [0.2, 0.25) is 0 Å².